The molecule has 0 saturated heterocycles. The molecule has 0 radical (unpaired) electrons. The van der Waals surface area contributed by atoms with Gasteiger partial charge in [-0.15, -0.1) is 10.2 Å². The van der Waals surface area contributed by atoms with Crippen LogP contribution in [-0.4, -0.2) is 24.9 Å². The van der Waals surface area contributed by atoms with Gasteiger partial charge in [0, 0.05) is 18.2 Å². The molecule has 2 heterocycles. The molecule has 4 aromatic rings. The number of hydrogen-bond donors (Lipinski definition) is 0. The number of nitrogens with zero attached hydrogens (tertiary/aromatic N) is 5. The second-order valence-corrected chi connectivity index (χ2v) is 7.52. The fourth-order valence-corrected chi connectivity index (χ4v) is 3.59. The molecule has 0 bridgehead atoms. The molecule has 7 heteroatoms. The Balaban J connectivity index is 1.45. The van der Waals surface area contributed by atoms with Crippen LogP contribution in [-0.2, 0) is 19.2 Å². The maximum atomic E-state index is 5.40. The number of thioether (sulfide) groups is 1. The Morgan fingerprint density at radius 1 is 0.964 bits per heavy atom. The first kappa shape index (κ1) is 18.4. The molecular formula is C21H21N5OS. The molecule has 0 amide bonds. The van der Waals surface area contributed by atoms with Crippen molar-refractivity contribution in [1.82, 2.24) is 24.9 Å². The Morgan fingerprint density at radius 2 is 1.68 bits per heavy atom. The van der Waals surface area contributed by atoms with Crippen LogP contribution in [0.2, 0.25) is 0 Å². The lowest BCUT2D eigenvalue weighted by Crippen LogP contribution is -1.95. The molecule has 0 unspecified atom stereocenters. The van der Waals surface area contributed by atoms with Crippen LogP contribution in [0.3, 0.4) is 0 Å². The molecule has 0 N–H and O–H groups in total. The van der Waals surface area contributed by atoms with Crippen LogP contribution in [0.4, 0.5) is 0 Å². The van der Waals surface area contributed by atoms with Crippen LogP contribution in [0, 0.1) is 6.92 Å². The summed E-state index contributed by atoms with van der Waals surface area (Å²) in [5.41, 5.74) is 4.51. The van der Waals surface area contributed by atoms with Gasteiger partial charge in [-0.2, -0.15) is 4.98 Å². The summed E-state index contributed by atoms with van der Waals surface area (Å²) < 4.78 is 7.38. The van der Waals surface area contributed by atoms with Gasteiger partial charge in [-0.05, 0) is 18.9 Å². The summed E-state index contributed by atoms with van der Waals surface area (Å²) in [6.45, 7) is 4.20. The Kier molecular flexibility index (Phi) is 5.25. The number of aryl methyl sites for hydroxylation is 2. The molecule has 0 fully saturated rings. The van der Waals surface area contributed by atoms with E-state index in [0.29, 0.717) is 17.5 Å². The minimum atomic E-state index is 0.542. The highest BCUT2D eigenvalue weighted by molar-refractivity contribution is 7.98. The first-order chi connectivity index (χ1) is 13.6. The lowest BCUT2D eigenvalue weighted by molar-refractivity contribution is 0.391. The summed E-state index contributed by atoms with van der Waals surface area (Å²) in [6.07, 6.45) is 1.01. The van der Waals surface area contributed by atoms with Crippen LogP contribution < -0.4 is 0 Å². The van der Waals surface area contributed by atoms with E-state index in [1.165, 1.54) is 22.9 Å². The second kappa shape index (κ2) is 7.98. The van der Waals surface area contributed by atoms with Gasteiger partial charge in [0.05, 0.1) is 5.75 Å². The SMILES string of the molecule is CCc1ccc(-c2noc(CSc3nnc(-c4ccc(C)cc4)n3C)n2)cc1. The molecule has 0 saturated carbocycles. The number of benzene rings is 2. The van der Waals surface area contributed by atoms with Crippen molar-refractivity contribution < 1.29 is 4.52 Å². The van der Waals surface area contributed by atoms with Gasteiger partial charge in [-0.3, -0.25) is 0 Å². The Morgan fingerprint density at radius 3 is 2.39 bits per heavy atom. The van der Waals surface area contributed by atoms with Gasteiger partial charge in [0.25, 0.3) is 0 Å². The molecule has 2 aromatic carbocycles. The summed E-state index contributed by atoms with van der Waals surface area (Å²) in [4.78, 5) is 4.50. The largest absolute Gasteiger partial charge is 0.338 e. The van der Waals surface area contributed by atoms with E-state index in [1.807, 2.05) is 23.7 Å². The maximum absolute atomic E-state index is 5.40. The molecular weight excluding hydrogens is 370 g/mol. The topological polar surface area (TPSA) is 69.6 Å². The van der Waals surface area contributed by atoms with Gasteiger partial charge >= 0.3 is 0 Å². The van der Waals surface area contributed by atoms with E-state index in [2.05, 4.69) is 70.6 Å². The zero-order chi connectivity index (χ0) is 19.5. The van der Waals surface area contributed by atoms with Crippen molar-refractivity contribution in [2.45, 2.75) is 31.2 Å². The first-order valence-corrected chi connectivity index (χ1v) is 10.1. The minimum absolute atomic E-state index is 0.542. The molecule has 4 rings (SSSR count). The molecule has 0 atom stereocenters. The molecule has 0 aliphatic carbocycles. The lowest BCUT2D eigenvalue weighted by atomic mass is 10.1. The normalized spacial score (nSPS) is 11.1. The van der Waals surface area contributed by atoms with Gasteiger partial charge in [0.1, 0.15) is 0 Å². The summed E-state index contributed by atoms with van der Waals surface area (Å²) in [5.74, 6) is 2.56. The zero-order valence-electron chi connectivity index (χ0n) is 16.1. The molecule has 2 aromatic heterocycles. The number of hydrogen-bond acceptors (Lipinski definition) is 6. The van der Waals surface area contributed by atoms with E-state index in [4.69, 9.17) is 4.52 Å². The fourth-order valence-electron chi connectivity index (χ4n) is 2.84. The van der Waals surface area contributed by atoms with Gasteiger partial charge in [0.15, 0.2) is 11.0 Å². The van der Waals surface area contributed by atoms with E-state index in [9.17, 15) is 0 Å². The molecule has 0 spiro atoms. The van der Waals surface area contributed by atoms with Crippen LogP contribution >= 0.6 is 11.8 Å². The highest BCUT2D eigenvalue weighted by Gasteiger charge is 2.14. The Hall–Kier alpha value is -2.93. The van der Waals surface area contributed by atoms with Crippen molar-refractivity contribution in [1.29, 1.82) is 0 Å². The van der Waals surface area contributed by atoms with E-state index >= 15 is 0 Å². The minimum Gasteiger partial charge on any atom is -0.338 e. The predicted molar refractivity (Wildman–Crippen MR) is 110 cm³/mol. The smallest absolute Gasteiger partial charge is 0.237 e. The first-order valence-electron chi connectivity index (χ1n) is 9.15. The van der Waals surface area contributed by atoms with Crippen LogP contribution in [0.5, 0.6) is 0 Å². The molecule has 0 aliphatic rings. The molecule has 28 heavy (non-hydrogen) atoms. The summed E-state index contributed by atoms with van der Waals surface area (Å²) >= 11 is 1.53. The third-order valence-corrected chi connectivity index (χ3v) is 5.56. The average molecular weight is 392 g/mol. The van der Waals surface area contributed by atoms with Crippen molar-refractivity contribution in [3.63, 3.8) is 0 Å². The third-order valence-electron chi connectivity index (χ3n) is 4.56. The van der Waals surface area contributed by atoms with Crippen molar-refractivity contribution >= 4 is 11.8 Å². The highest BCUT2D eigenvalue weighted by atomic mass is 32.2. The van der Waals surface area contributed by atoms with Crippen LogP contribution in [0.1, 0.15) is 23.9 Å². The van der Waals surface area contributed by atoms with Gasteiger partial charge in [0.2, 0.25) is 11.7 Å². The molecule has 0 aliphatic heterocycles. The third kappa shape index (κ3) is 3.84. The number of aromatic nitrogens is 5. The van der Waals surface area contributed by atoms with E-state index in [0.717, 1.165) is 28.5 Å². The van der Waals surface area contributed by atoms with Gasteiger partial charge in [-0.1, -0.05) is 77.9 Å². The van der Waals surface area contributed by atoms with E-state index in [1.54, 1.807) is 0 Å². The molecule has 6 nitrogen and oxygen atoms in total. The Bertz CT molecular complexity index is 1070. The number of rotatable bonds is 6. The maximum Gasteiger partial charge on any atom is 0.237 e. The highest BCUT2D eigenvalue weighted by Crippen LogP contribution is 2.26. The van der Waals surface area contributed by atoms with E-state index in [-0.39, 0.29) is 0 Å². The van der Waals surface area contributed by atoms with Crippen molar-refractivity contribution in [2.75, 3.05) is 0 Å². The lowest BCUT2D eigenvalue weighted by Gasteiger charge is -2.03. The Labute approximate surface area is 168 Å². The average Bonchev–Trinajstić information content (AvgIpc) is 3.34. The van der Waals surface area contributed by atoms with Crippen molar-refractivity contribution in [3.8, 4) is 22.8 Å². The van der Waals surface area contributed by atoms with Crippen LogP contribution in [0.15, 0.2) is 58.2 Å². The van der Waals surface area contributed by atoms with Crippen molar-refractivity contribution in [2.24, 2.45) is 7.05 Å². The standard InChI is InChI=1S/C21H21N5OS/c1-4-15-7-11-16(12-8-15)19-22-18(27-25-19)13-28-21-24-23-20(26(21)3)17-9-5-14(2)6-10-17/h5-12H,4,13H2,1-3H3. The van der Waals surface area contributed by atoms with Gasteiger partial charge < -0.3 is 9.09 Å². The van der Waals surface area contributed by atoms with Gasteiger partial charge in [-0.25, -0.2) is 0 Å². The fraction of sp³-hybridized carbons (Fsp3) is 0.238. The molecule has 142 valence electrons. The summed E-state index contributed by atoms with van der Waals surface area (Å²) in [5, 5.41) is 13.5. The second-order valence-electron chi connectivity index (χ2n) is 6.58. The predicted octanol–water partition coefficient (Wildman–Crippen LogP) is 4.70. The van der Waals surface area contributed by atoms with E-state index < -0.39 is 0 Å². The zero-order valence-corrected chi connectivity index (χ0v) is 16.9. The summed E-state index contributed by atoms with van der Waals surface area (Å²) in [7, 11) is 1.96. The summed E-state index contributed by atoms with van der Waals surface area (Å²) in [6, 6.07) is 16.5. The monoisotopic (exact) mass is 391 g/mol. The quantitative estimate of drug-likeness (QED) is 0.444. The van der Waals surface area contributed by atoms with Crippen molar-refractivity contribution in [3.05, 3.63) is 65.5 Å². The van der Waals surface area contributed by atoms with Crippen LogP contribution in [0.25, 0.3) is 22.8 Å².